The van der Waals surface area contributed by atoms with E-state index in [2.05, 4.69) is 25.9 Å². The second kappa shape index (κ2) is 13.4. The van der Waals surface area contributed by atoms with Gasteiger partial charge in [-0.15, -0.1) is 24.8 Å². The molecule has 0 radical (unpaired) electrons. The molecule has 1 fully saturated rings. The number of fused-ring (bicyclic) bond motifs is 1. The summed E-state index contributed by atoms with van der Waals surface area (Å²) in [5.74, 6) is 1.01. The van der Waals surface area contributed by atoms with Gasteiger partial charge in [-0.1, -0.05) is 24.5 Å². The lowest BCUT2D eigenvalue weighted by Crippen LogP contribution is -2.48. The van der Waals surface area contributed by atoms with Crippen molar-refractivity contribution in [3.8, 4) is 0 Å². The van der Waals surface area contributed by atoms with Crippen molar-refractivity contribution < 1.29 is 9.53 Å². The smallest absolute Gasteiger partial charge is 0.289 e. The highest BCUT2D eigenvalue weighted by Gasteiger charge is 2.26. The summed E-state index contributed by atoms with van der Waals surface area (Å²) in [5.41, 5.74) is 1.85. The van der Waals surface area contributed by atoms with Gasteiger partial charge in [-0.3, -0.25) is 10.2 Å². The maximum atomic E-state index is 12.6. The number of halogens is 2. The lowest BCUT2D eigenvalue weighted by atomic mass is 9.90. The highest BCUT2D eigenvalue weighted by molar-refractivity contribution is 5.96. The number of carbonyl (C=O) groups is 1. The molecule has 1 aromatic heterocycles. The minimum atomic E-state index is -0.287. The summed E-state index contributed by atoms with van der Waals surface area (Å²) < 4.78 is 5.03. The second-order valence-corrected chi connectivity index (χ2v) is 7.93. The number of carbonyl (C=O) groups excluding carboxylic acids is 1. The molecule has 0 aliphatic heterocycles. The number of aromatic nitrogens is 2. The standard InChI is InChI=1S/C22H32N6O2.2ClH/c1-14-9-10-17-16(13-14)20(27-19-8-5-4-7-18(19)25-15(2)23)28-21(26-17)22(29)24-11-6-12-30-3;;/h9-10,13,18-19H,4-8,11-12H2,1-3H3,(H2,23,25)(H,24,29)(H,26,27,28);2*1H/t18-,19+;;/m1../s1. The fourth-order valence-corrected chi connectivity index (χ4v) is 3.88. The third kappa shape index (κ3) is 7.46. The van der Waals surface area contributed by atoms with E-state index in [-0.39, 0.29) is 48.6 Å². The van der Waals surface area contributed by atoms with Crippen LogP contribution in [0.2, 0.25) is 0 Å². The van der Waals surface area contributed by atoms with Crippen molar-refractivity contribution >= 4 is 53.3 Å². The molecule has 2 atom stereocenters. The lowest BCUT2D eigenvalue weighted by Gasteiger charge is -2.33. The van der Waals surface area contributed by atoms with E-state index in [1.807, 2.05) is 25.1 Å². The van der Waals surface area contributed by atoms with Crippen LogP contribution in [0.3, 0.4) is 0 Å². The van der Waals surface area contributed by atoms with Crippen LogP contribution in [0.25, 0.3) is 10.9 Å². The van der Waals surface area contributed by atoms with Crippen molar-refractivity contribution in [3.63, 3.8) is 0 Å². The fourth-order valence-electron chi connectivity index (χ4n) is 3.88. The maximum Gasteiger partial charge on any atom is 0.289 e. The van der Waals surface area contributed by atoms with Crippen LogP contribution in [-0.4, -0.2) is 54.1 Å². The average Bonchev–Trinajstić information content (AvgIpc) is 2.72. The molecule has 0 saturated heterocycles. The third-order valence-electron chi connectivity index (χ3n) is 5.36. The van der Waals surface area contributed by atoms with E-state index in [4.69, 9.17) is 10.1 Å². The van der Waals surface area contributed by atoms with E-state index in [1.54, 1.807) is 14.0 Å². The molecule has 1 saturated carbocycles. The minimum absolute atomic E-state index is 0. The molecule has 0 unspecified atom stereocenters. The normalized spacial score (nSPS) is 17.6. The summed E-state index contributed by atoms with van der Waals surface area (Å²) in [4.78, 5) is 21.7. The average molecular weight is 485 g/mol. The summed E-state index contributed by atoms with van der Waals surface area (Å²) in [6.45, 7) is 4.90. The quantitative estimate of drug-likeness (QED) is 0.257. The van der Waals surface area contributed by atoms with E-state index in [1.165, 1.54) is 0 Å². The van der Waals surface area contributed by atoms with Gasteiger partial charge in [0, 0.05) is 37.7 Å². The molecule has 178 valence electrons. The molecule has 1 aliphatic rings. The minimum Gasteiger partial charge on any atom is -0.385 e. The Morgan fingerprint density at radius 1 is 1.19 bits per heavy atom. The number of amides is 1. The molecule has 1 amide bonds. The van der Waals surface area contributed by atoms with Gasteiger partial charge in [-0.25, -0.2) is 9.97 Å². The first-order chi connectivity index (χ1) is 14.5. The van der Waals surface area contributed by atoms with E-state index in [0.29, 0.717) is 24.8 Å². The Balaban J connectivity index is 0.00000256. The Morgan fingerprint density at radius 3 is 2.59 bits per heavy atom. The molecule has 8 nitrogen and oxygen atoms in total. The summed E-state index contributed by atoms with van der Waals surface area (Å²) in [6, 6.07) is 6.26. The first-order valence-electron chi connectivity index (χ1n) is 10.6. The second-order valence-electron chi connectivity index (χ2n) is 7.93. The first kappa shape index (κ1) is 27.9. The molecular formula is C22H34Cl2N6O2. The van der Waals surface area contributed by atoms with Gasteiger partial charge in [0.2, 0.25) is 5.82 Å². The predicted molar refractivity (Wildman–Crippen MR) is 134 cm³/mol. The molecule has 10 heteroatoms. The first-order valence-corrected chi connectivity index (χ1v) is 10.6. The van der Waals surface area contributed by atoms with Crippen molar-refractivity contribution in [2.45, 2.75) is 58.0 Å². The fraction of sp³-hybridized carbons (Fsp3) is 0.545. The number of amidine groups is 1. The summed E-state index contributed by atoms with van der Waals surface area (Å²) >= 11 is 0. The Labute approximate surface area is 202 Å². The van der Waals surface area contributed by atoms with Gasteiger partial charge in [0.25, 0.3) is 5.91 Å². The van der Waals surface area contributed by atoms with E-state index >= 15 is 0 Å². The summed E-state index contributed by atoms with van der Waals surface area (Å²) in [7, 11) is 1.64. The number of rotatable bonds is 8. The number of nitrogens with one attached hydrogen (secondary N) is 4. The summed E-state index contributed by atoms with van der Waals surface area (Å²) in [5, 5.41) is 18.4. The van der Waals surface area contributed by atoms with Crippen LogP contribution >= 0.6 is 24.8 Å². The summed E-state index contributed by atoms with van der Waals surface area (Å²) in [6.07, 6.45) is 4.99. The highest BCUT2D eigenvalue weighted by Crippen LogP contribution is 2.27. The molecule has 4 N–H and O–H groups in total. The Bertz CT molecular complexity index is 911. The molecule has 1 aliphatic carbocycles. The van der Waals surface area contributed by atoms with Crippen LogP contribution in [-0.2, 0) is 4.74 Å². The van der Waals surface area contributed by atoms with Crippen LogP contribution in [0.4, 0.5) is 5.82 Å². The Kier molecular flexibility index (Phi) is 11.7. The van der Waals surface area contributed by atoms with Crippen LogP contribution < -0.4 is 16.0 Å². The number of aryl methyl sites for hydroxylation is 1. The number of benzene rings is 1. The zero-order valence-electron chi connectivity index (χ0n) is 18.9. The highest BCUT2D eigenvalue weighted by atomic mass is 35.5. The maximum absolute atomic E-state index is 12.6. The molecular weight excluding hydrogens is 451 g/mol. The number of nitrogens with zero attached hydrogens (tertiary/aromatic N) is 2. The van der Waals surface area contributed by atoms with E-state index < -0.39 is 0 Å². The SMILES string of the molecule is COCCCNC(=O)c1nc(N[C@H]2CCCC[C@H]2NC(C)=N)c2cc(C)ccc2n1.Cl.Cl. The number of ether oxygens (including phenoxy) is 1. The van der Waals surface area contributed by atoms with Crippen molar-refractivity contribution in [2.24, 2.45) is 0 Å². The van der Waals surface area contributed by atoms with Gasteiger partial charge in [-0.2, -0.15) is 0 Å². The van der Waals surface area contributed by atoms with Crippen LogP contribution in [0.15, 0.2) is 18.2 Å². The zero-order chi connectivity index (χ0) is 21.5. The van der Waals surface area contributed by atoms with Gasteiger partial charge in [0.1, 0.15) is 5.82 Å². The Hall–Kier alpha value is -2.16. The molecule has 2 aromatic rings. The molecule has 0 bridgehead atoms. The number of anilines is 1. The van der Waals surface area contributed by atoms with Gasteiger partial charge < -0.3 is 20.7 Å². The van der Waals surface area contributed by atoms with Crippen LogP contribution in [0.1, 0.15) is 55.2 Å². The van der Waals surface area contributed by atoms with Gasteiger partial charge in [0.05, 0.1) is 11.4 Å². The van der Waals surface area contributed by atoms with Gasteiger partial charge >= 0.3 is 0 Å². The number of hydrogen-bond acceptors (Lipinski definition) is 6. The third-order valence-corrected chi connectivity index (χ3v) is 5.36. The lowest BCUT2D eigenvalue weighted by molar-refractivity contribution is 0.0938. The number of hydrogen-bond donors (Lipinski definition) is 4. The molecule has 3 rings (SSSR count). The van der Waals surface area contributed by atoms with Crippen molar-refractivity contribution in [1.82, 2.24) is 20.6 Å². The largest absolute Gasteiger partial charge is 0.385 e. The number of methoxy groups -OCH3 is 1. The topological polar surface area (TPSA) is 112 Å². The Morgan fingerprint density at radius 2 is 1.91 bits per heavy atom. The molecule has 1 heterocycles. The van der Waals surface area contributed by atoms with Gasteiger partial charge in [-0.05, 0) is 45.2 Å². The van der Waals surface area contributed by atoms with Crippen molar-refractivity contribution in [3.05, 3.63) is 29.6 Å². The van der Waals surface area contributed by atoms with Crippen LogP contribution in [0.5, 0.6) is 0 Å². The molecule has 32 heavy (non-hydrogen) atoms. The van der Waals surface area contributed by atoms with Crippen molar-refractivity contribution in [2.75, 3.05) is 25.6 Å². The van der Waals surface area contributed by atoms with Crippen molar-refractivity contribution in [1.29, 1.82) is 5.41 Å². The molecule has 0 spiro atoms. The predicted octanol–water partition coefficient (Wildman–Crippen LogP) is 3.86. The van der Waals surface area contributed by atoms with E-state index in [9.17, 15) is 4.79 Å². The van der Waals surface area contributed by atoms with E-state index in [0.717, 1.165) is 48.6 Å². The monoisotopic (exact) mass is 484 g/mol. The molecule has 1 aromatic carbocycles. The van der Waals surface area contributed by atoms with Gasteiger partial charge in [0.15, 0.2) is 0 Å². The zero-order valence-corrected chi connectivity index (χ0v) is 20.5. The van der Waals surface area contributed by atoms with Crippen LogP contribution in [0, 0.1) is 12.3 Å².